The Labute approximate surface area is 213 Å². The molecule has 1 aromatic heterocycles. The van der Waals surface area contributed by atoms with E-state index < -0.39 is 30.1 Å². The van der Waals surface area contributed by atoms with Gasteiger partial charge in [-0.1, -0.05) is 60.1 Å². The van der Waals surface area contributed by atoms with Crippen LogP contribution in [0.2, 0.25) is 5.02 Å². The van der Waals surface area contributed by atoms with Gasteiger partial charge in [0.05, 0.1) is 18.2 Å². The van der Waals surface area contributed by atoms with Crippen molar-refractivity contribution < 1.29 is 28.6 Å². The number of carboxylic acids is 1. The maximum absolute atomic E-state index is 12.8. The molecule has 1 unspecified atom stereocenters. The number of carboxylic acid groups (broad SMARTS) is 1. The molecule has 0 amide bonds. The van der Waals surface area contributed by atoms with Crippen LogP contribution in [0, 0.1) is 0 Å². The van der Waals surface area contributed by atoms with Crippen molar-refractivity contribution in [2.24, 2.45) is 0 Å². The molecule has 4 aromatic rings. The van der Waals surface area contributed by atoms with Crippen molar-refractivity contribution in [2.75, 3.05) is 0 Å². The topological polar surface area (TPSA) is 93.8 Å². The van der Waals surface area contributed by atoms with Crippen LogP contribution in [-0.2, 0) is 11.2 Å². The molecule has 6 nitrogen and oxygen atoms in total. The van der Waals surface area contributed by atoms with Gasteiger partial charge in [-0.2, -0.15) is 0 Å². The van der Waals surface area contributed by atoms with Gasteiger partial charge in [-0.3, -0.25) is 9.59 Å². The van der Waals surface area contributed by atoms with Crippen LogP contribution in [0.1, 0.15) is 39.3 Å². The van der Waals surface area contributed by atoms with Crippen LogP contribution in [0.5, 0.6) is 5.75 Å². The van der Waals surface area contributed by atoms with Crippen molar-refractivity contribution in [3.63, 3.8) is 0 Å². The molecule has 7 heteroatoms. The van der Waals surface area contributed by atoms with Crippen molar-refractivity contribution in [1.29, 1.82) is 0 Å². The summed E-state index contributed by atoms with van der Waals surface area (Å²) in [6.45, 7) is 0. The summed E-state index contributed by atoms with van der Waals surface area (Å²) in [5.74, 6) is -1.86. The van der Waals surface area contributed by atoms with E-state index in [1.165, 1.54) is 24.5 Å². The molecule has 0 fully saturated rings. The molecule has 1 N–H and O–H groups in total. The minimum absolute atomic E-state index is 0.0900. The van der Waals surface area contributed by atoms with E-state index >= 15 is 0 Å². The number of carbonyl (C=O) groups excluding carboxylic acids is 2. The van der Waals surface area contributed by atoms with Gasteiger partial charge in [-0.05, 0) is 65.9 Å². The Balaban J connectivity index is 1.41. The molecule has 3 aromatic carbocycles. The van der Waals surface area contributed by atoms with E-state index in [1.54, 1.807) is 18.2 Å². The zero-order chi connectivity index (χ0) is 25.5. The van der Waals surface area contributed by atoms with Crippen LogP contribution in [0.4, 0.5) is 0 Å². The van der Waals surface area contributed by atoms with E-state index in [2.05, 4.69) is 0 Å². The molecule has 1 heterocycles. The third-order valence-electron chi connectivity index (χ3n) is 5.68. The Bertz CT molecular complexity index is 1340. The Morgan fingerprint density at radius 3 is 2.14 bits per heavy atom. The highest BCUT2D eigenvalue weighted by Gasteiger charge is 2.24. The van der Waals surface area contributed by atoms with Crippen molar-refractivity contribution in [3.8, 4) is 16.9 Å². The summed E-state index contributed by atoms with van der Waals surface area (Å²) in [6, 6.07) is 24.7. The fourth-order valence-electron chi connectivity index (χ4n) is 3.76. The van der Waals surface area contributed by atoms with Crippen molar-refractivity contribution in [3.05, 3.63) is 113 Å². The molecule has 0 aliphatic carbocycles. The fourth-order valence-corrected chi connectivity index (χ4v) is 3.88. The van der Waals surface area contributed by atoms with Gasteiger partial charge >= 0.3 is 5.97 Å². The van der Waals surface area contributed by atoms with Crippen LogP contribution < -0.4 is 4.74 Å². The van der Waals surface area contributed by atoms with E-state index in [1.807, 2.05) is 48.5 Å². The number of aliphatic carboxylic acids is 1. The number of benzene rings is 3. The standard InChI is InChI=1S/C29H23ClO6/c30-22-14-12-21(13-15-22)20-10-7-19(8-11-20)9-16-28(29(33)34)36-26-5-2-1-4-23(26)24(31)18-25(32)27-6-3-17-35-27/h1-8,10-15,17,28H,9,16,18H2,(H,33,34). The lowest BCUT2D eigenvalue weighted by Gasteiger charge is -2.17. The number of para-hydroxylation sites is 1. The summed E-state index contributed by atoms with van der Waals surface area (Å²) < 4.78 is 10.8. The Morgan fingerprint density at radius 1 is 0.833 bits per heavy atom. The van der Waals surface area contributed by atoms with Gasteiger partial charge in [-0.15, -0.1) is 0 Å². The quantitative estimate of drug-likeness (QED) is 0.185. The first-order chi connectivity index (χ1) is 17.4. The maximum atomic E-state index is 12.8. The number of aryl methyl sites for hydroxylation is 1. The number of ether oxygens (including phenoxy) is 1. The van der Waals surface area contributed by atoms with Gasteiger partial charge in [0, 0.05) is 5.02 Å². The largest absolute Gasteiger partial charge is 0.479 e. The third-order valence-corrected chi connectivity index (χ3v) is 5.93. The van der Waals surface area contributed by atoms with Crippen molar-refractivity contribution >= 4 is 29.1 Å². The van der Waals surface area contributed by atoms with Crippen LogP contribution >= 0.6 is 11.6 Å². The van der Waals surface area contributed by atoms with Crippen molar-refractivity contribution in [2.45, 2.75) is 25.4 Å². The molecule has 0 bridgehead atoms. The monoisotopic (exact) mass is 502 g/mol. The number of Topliss-reactive ketones (excluding diaryl/α,β-unsaturated/α-hetero) is 2. The second-order valence-corrected chi connectivity index (χ2v) is 8.62. The number of rotatable bonds is 11. The summed E-state index contributed by atoms with van der Waals surface area (Å²) in [4.78, 5) is 37.0. The SMILES string of the molecule is O=C(CC(=O)c1ccccc1OC(CCc1ccc(-c2ccc(Cl)cc2)cc1)C(=O)O)c1ccco1. The van der Waals surface area contributed by atoms with Gasteiger partial charge in [-0.25, -0.2) is 4.79 Å². The average molecular weight is 503 g/mol. The smallest absolute Gasteiger partial charge is 0.344 e. The van der Waals surface area contributed by atoms with Gasteiger partial charge in [0.2, 0.25) is 5.78 Å². The second-order valence-electron chi connectivity index (χ2n) is 8.18. The van der Waals surface area contributed by atoms with E-state index in [9.17, 15) is 19.5 Å². The third kappa shape index (κ3) is 6.29. The van der Waals surface area contributed by atoms with Crippen LogP contribution in [0.15, 0.2) is 95.6 Å². The lowest BCUT2D eigenvalue weighted by Crippen LogP contribution is -2.28. The molecule has 0 aliphatic heterocycles. The molecule has 0 radical (unpaired) electrons. The summed E-state index contributed by atoms with van der Waals surface area (Å²) >= 11 is 5.95. The van der Waals surface area contributed by atoms with Crippen LogP contribution in [0.3, 0.4) is 0 Å². The van der Waals surface area contributed by atoms with Crippen molar-refractivity contribution in [1.82, 2.24) is 0 Å². The van der Waals surface area contributed by atoms with E-state index in [-0.39, 0.29) is 23.5 Å². The lowest BCUT2D eigenvalue weighted by molar-refractivity contribution is -0.145. The number of hydrogen-bond acceptors (Lipinski definition) is 5. The predicted molar refractivity (Wildman–Crippen MR) is 136 cm³/mol. The molecule has 4 rings (SSSR count). The molecular formula is C29H23ClO6. The summed E-state index contributed by atoms with van der Waals surface area (Å²) in [5.41, 5.74) is 3.16. The van der Waals surface area contributed by atoms with Crippen LogP contribution in [0.25, 0.3) is 11.1 Å². The van der Waals surface area contributed by atoms with E-state index in [0.717, 1.165) is 16.7 Å². The summed E-state index contributed by atoms with van der Waals surface area (Å²) in [5, 5.41) is 10.4. The first-order valence-corrected chi connectivity index (χ1v) is 11.7. The number of furan rings is 1. The molecular weight excluding hydrogens is 480 g/mol. The molecule has 182 valence electrons. The molecule has 0 saturated heterocycles. The second kappa shape index (κ2) is 11.5. The Kier molecular flexibility index (Phi) is 7.98. The zero-order valence-electron chi connectivity index (χ0n) is 19.2. The molecule has 0 aliphatic rings. The number of carbonyl (C=O) groups is 3. The van der Waals surface area contributed by atoms with E-state index in [0.29, 0.717) is 11.4 Å². The molecule has 0 saturated carbocycles. The Morgan fingerprint density at radius 2 is 1.50 bits per heavy atom. The number of hydrogen-bond donors (Lipinski definition) is 1. The van der Waals surface area contributed by atoms with Gasteiger partial charge in [0.15, 0.2) is 17.6 Å². The minimum atomic E-state index is -1.17. The molecule has 0 spiro atoms. The first kappa shape index (κ1) is 24.9. The lowest BCUT2D eigenvalue weighted by atomic mass is 10.0. The fraction of sp³-hybridized carbons (Fsp3) is 0.138. The summed E-state index contributed by atoms with van der Waals surface area (Å²) in [7, 11) is 0. The van der Waals surface area contributed by atoms with Gasteiger partial charge < -0.3 is 14.3 Å². The highest BCUT2D eigenvalue weighted by atomic mass is 35.5. The average Bonchev–Trinajstić information content (AvgIpc) is 3.43. The van der Waals surface area contributed by atoms with Gasteiger partial charge in [0.1, 0.15) is 5.75 Å². The Hall–Kier alpha value is -4.16. The minimum Gasteiger partial charge on any atom is -0.479 e. The van der Waals surface area contributed by atoms with Gasteiger partial charge in [0.25, 0.3) is 0 Å². The molecule has 1 atom stereocenters. The number of ketones is 2. The predicted octanol–water partition coefficient (Wildman–Crippen LogP) is 6.52. The normalized spacial score (nSPS) is 11.6. The molecule has 36 heavy (non-hydrogen) atoms. The van der Waals surface area contributed by atoms with E-state index in [4.69, 9.17) is 20.8 Å². The highest BCUT2D eigenvalue weighted by molar-refractivity contribution is 6.30. The maximum Gasteiger partial charge on any atom is 0.344 e. The summed E-state index contributed by atoms with van der Waals surface area (Å²) in [6.07, 6.45) is 0.438. The first-order valence-electron chi connectivity index (χ1n) is 11.3. The number of halogens is 1. The van der Waals surface area contributed by atoms with Crippen LogP contribution in [-0.4, -0.2) is 28.7 Å². The zero-order valence-corrected chi connectivity index (χ0v) is 20.0. The highest BCUT2D eigenvalue weighted by Crippen LogP contribution is 2.25.